The molecule has 1 fully saturated rings. The van der Waals surface area contributed by atoms with Crippen LogP contribution in [0.1, 0.15) is 42.1 Å². The molecular formula is C23H23FN6O2. The average molecular weight is 434 g/mol. The molecule has 9 heteroatoms. The zero-order valence-electron chi connectivity index (χ0n) is 17.6. The molecule has 1 aliphatic carbocycles. The molecule has 0 saturated heterocycles. The average Bonchev–Trinajstić information content (AvgIpc) is 3.37. The first-order chi connectivity index (χ1) is 15.5. The number of hydrogen-bond acceptors (Lipinski definition) is 5. The first-order valence-corrected chi connectivity index (χ1v) is 10.6. The topological polar surface area (TPSA) is 97.9 Å². The Morgan fingerprint density at radius 2 is 1.94 bits per heavy atom. The molecule has 8 nitrogen and oxygen atoms in total. The van der Waals surface area contributed by atoms with Crippen LogP contribution in [0.4, 0.5) is 10.3 Å². The van der Waals surface area contributed by atoms with E-state index < -0.39 is 11.9 Å². The molecule has 1 amide bonds. The predicted molar refractivity (Wildman–Crippen MR) is 118 cm³/mol. The molecule has 164 valence electrons. The lowest BCUT2D eigenvalue weighted by Crippen LogP contribution is -2.24. The predicted octanol–water partition coefficient (Wildman–Crippen LogP) is 3.70. The fraction of sp³-hybridized carbons (Fsp3) is 0.304. The van der Waals surface area contributed by atoms with Gasteiger partial charge in [0.25, 0.3) is 5.91 Å². The van der Waals surface area contributed by atoms with Gasteiger partial charge in [-0.15, -0.1) is 0 Å². The number of anilines is 1. The molecule has 1 aromatic carbocycles. The summed E-state index contributed by atoms with van der Waals surface area (Å²) in [4.78, 5) is 21.6. The van der Waals surface area contributed by atoms with Crippen LogP contribution in [0.15, 0.2) is 48.8 Å². The van der Waals surface area contributed by atoms with Gasteiger partial charge in [-0.3, -0.25) is 14.8 Å². The summed E-state index contributed by atoms with van der Waals surface area (Å²) in [5.41, 5.74) is 2.79. The van der Waals surface area contributed by atoms with E-state index in [9.17, 15) is 14.3 Å². The molecule has 0 atom stereocenters. The van der Waals surface area contributed by atoms with Gasteiger partial charge in [0.1, 0.15) is 0 Å². The quantitative estimate of drug-likeness (QED) is 0.478. The third-order valence-electron chi connectivity index (χ3n) is 5.91. The monoisotopic (exact) mass is 434 g/mol. The van der Waals surface area contributed by atoms with E-state index in [4.69, 9.17) is 0 Å². The molecule has 0 unspecified atom stereocenters. The second-order valence-electron chi connectivity index (χ2n) is 8.18. The van der Waals surface area contributed by atoms with Crippen molar-refractivity contribution >= 4 is 22.9 Å². The first kappa shape index (κ1) is 20.3. The number of imidazole rings is 1. The third-order valence-corrected chi connectivity index (χ3v) is 5.91. The minimum Gasteiger partial charge on any atom is -0.393 e. The summed E-state index contributed by atoms with van der Waals surface area (Å²) in [5, 5.41) is 16.9. The lowest BCUT2D eigenvalue weighted by atomic mass is 9.93. The third kappa shape index (κ3) is 3.87. The molecule has 2 N–H and O–H groups in total. The van der Waals surface area contributed by atoms with E-state index in [-0.39, 0.29) is 17.7 Å². The Morgan fingerprint density at radius 1 is 1.16 bits per heavy atom. The number of benzene rings is 1. The summed E-state index contributed by atoms with van der Waals surface area (Å²) in [5.74, 6) is -0.798. The second kappa shape index (κ2) is 8.16. The lowest BCUT2D eigenvalue weighted by molar-refractivity contribution is 0.102. The number of fused-ring (bicyclic) bond motifs is 1. The number of pyridine rings is 1. The number of carbonyl (C=O) groups is 1. The molecule has 5 rings (SSSR count). The van der Waals surface area contributed by atoms with E-state index in [2.05, 4.69) is 20.4 Å². The van der Waals surface area contributed by atoms with Gasteiger partial charge in [-0.25, -0.2) is 9.97 Å². The van der Waals surface area contributed by atoms with Gasteiger partial charge in [-0.05, 0) is 43.9 Å². The van der Waals surface area contributed by atoms with Gasteiger partial charge in [0.2, 0.25) is 11.9 Å². The number of aliphatic hydroxyl groups excluding tert-OH is 1. The number of rotatable bonds is 4. The Hall–Kier alpha value is -3.59. The highest BCUT2D eigenvalue weighted by Gasteiger charge is 2.26. The number of nitrogens with one attached hydrogen (secondary N) is 1. The Kier molecular flexibility index (Phi) is 5.18. The fourth-order valence-corrected chi connectivity index (χ4v) is 4.32. The van der Waals surface area contributed by atoms with Crippen molar-refractivity contribution in [2.75, 3.05) is 5.32 Å². The van der Waals surface area contributed by atoms with Crippen LogP contribution in [0.3, 0.4) is 0 Å². The van der Waals surface area contributed by atoms with Crippen LogP contribution in [0.25, 0.3) is 22.3 Å². The minimum atomic E-state index is -0.744. The largest absolute Gasteiger partial charge is 0.393 e. The standard InChI is InChI=1S/C23H23FN6O2/c1-29-13-15(12-25-29)19-10-14(11-21(24)26-19)22(32)28-23-27-18-4-2-3-5-20(18)30(23)16-6-8-17(31)9-7-16/h2-5,10-13,16-17,31H,6-9H2,1H3,(H,27,28,32). The van der Waals surface area contributed by atoms with Crippen LogP contribution < -0.4 is 5.32 Å². The normalized spacial score (nSPS) is 18.7. The number of halogens is 1. The summed E-state index contributed by atoms with van der Waals surface area (Å²) in [6.45, 7) is 0. The Balaban J connectivity index is 1.49. The fourth-order valence-electron chi connectivity index (χ4n) is 4.32. The van der Waals surface area contributed by atoms with E-state index in [0.717, 1.165) is 29.9 Å². The van der Waals surface area contributed by atoms with Gasteiger partial charge in [0.15, 0.2) is 0 Å². The van der Waals surface area contributed by atoms with Gasteiger partial charge in [-0.1, -0.05) is 12.1 Å². The molecular weight excluding hydrogens is 411 g/mol. The number of amides is 1. The number of nitrogens with zero attached hydrogens (tertiary/aromatic N) is 5. The molecule has 0 radical (unpaired) electrons. The molecule has 1 saturated carbocycles. The molecule has 3 aromatic heterocycles. The number of aromatic nitrogens is 5. The summed E-state index contributed by atoms with van der Waals surface area (Å²) in [6.07, 6.45) is 5.98. The van der Waals surface area contributed by atoms with Crippen molar-refractivity contribution in [2.24, 2.45) is 7.05 Å². The number of carbonyl (C=O) groups excluding carboxylic acids is 1. The maximum atomic E-state index is 14.2. The molecule has 3 heterocycles. The molecule has 0 aliphatic heterocycles. The van der Waals surface area contributed by atoms with E-state index in [1.807, 2.05) is 28.8 Å². The summed E-state index contributed by atoms with van der Waals surface area (Å²) < 4.78 is 17.8. The molecule has 1 aliphatic rings. The maximum Gasteiger partial charge on any atom is 0.258 e. The first-order valence-electron chi connectivity index (χ1n) is 10.6. The van der Waals surface area contributed by atoms with E-state index in [0.29, 0.717) is 30.0 Å². The Morgan fingerprint density at radius 3 is 2.69 bits per heavy atom. The van der Waals surface area contributed by atoms with Gasteiger partial charge in [0.05, 0.1) is 29.0 Å². The summed E-state index contributed by atoms with van der Waals surface area (Å²) >= 11 is 0. The van der Waals surface area contributed by atoms with Crippen LogP contribution in [-0.4, -0.2) is 41.4 Å². The van der Waals surface area contributed by atoms with E-state index in [1.54, 1.807) is 30.2 Å². The number of para-hydroxylation sites is 2. The molecule has 32 heavy (non-hydrogen) atoms. The van der Waals surface area contributed by atoms with Crippen LogP contribution in [0, 0.1) is 5.95 Å². The smallest absolute Gasteiger partial charge is 0.258 e. The van der Waals surface area contributed by atoms with Gasteiger partial charge in [-0.2, -0.15) is 9.49 Å². The van der Waals surface area contributed by atoms with Crippen LogP contribution in [0.5, 0.6) is 0 Å². The summed E-state index contributed by atoms with van der Waals surface area (Å²) in [7, 11) is 1.76. The van der Waals surface area contributed by atoms with Crippen molar-refractivity contribution in [2.45, 2.75) is 37.8 Å². The van der Waals surface area contributed by atoms with Crippen molar-refractivity contribution in [1.82, 2.24) is 24.3 Å². The van der Waals surface area contributed by atoms with Crippen LogP contribution in [0.2, 0.25) is 0 Å². The number of aryl methyl sites for hydroxylation is 1. The van der Waals surface area contributed by atoms with E-state index in [1.165, 1.54) is 0 Å². The zero-order valence-corrected chi connectivity index (χ0v) is 17.6. The summed E-state index contributed by atoms with van der Waals surface area (Å²) in [6, 6.07) is 10.5. The number of hydrogen-bond donors (Lipinski definition) is 2. The van der Waals surface area contributed by atoms with Crippen molar-refractivity contribution in [3.63, 3.8) is 0 Å². The highest BCUT2D eigenvalue weighted by Crippen LogP contribution is 2.34. The second-order valence-corrected chi connectivity index (χ2v) is 8.18. The molecule has 4 aromatic rings. The zero-order chi connectivity index (χ0) is 22.2. The van der Waals surface area contributed by atoms with E-state index >= 15 is 0 Å². The van der Waals surface area contributed by atoms with Crippen LogP contribution in [-0.2, 0) is 7.05 Å². The number of aliphatic hydroxyl groups is 1. The maximum absolute atomic E-state index is 14.2. The molecule has 0 spiro atoms. The van der Waals surface area contributed by atoms with Crippen LogP contribution >= 0.6 is 0 Å². The van der Waals surface area contributed by atoms with Crippen molar-refractivity contribution < 1.29 is 14.3 Å². The van der Waals surface area contributed by atoms with Gasteiger partial charge in [0, 0.05) is 36.5 Å². The minimum absolute atomic E-state index is 0.112. The molecule has 0 bridgehead atoms. The SMILES string of the molecule is Cn1cc(-c2cc(C(=O)Nc3nc4ccccc4n3C3CCC(O)CC3)cc(F)n2)cn1. The lowest BCUT2D eigenvalue weighted by Gasteiger charge is -2.28. The van der Waals surface area contributed by atoms with Crippen molar-refractivity contribution in [3.8, 4) is 11.3 Å². The Labute approximate surface area is 183 Å². The Bertz CT molecular complexity index is 1290. The highest BCUT2D eigenvalue weighted by molar-refractivity contribution is 6.04. The van der Waals surface area contributed by atoms with Gasteiger partial charge < -0.3 is 9.67 Å². The van der Waals surface area contributed by atoms with Crippen molar-refractivity contribution in [3.05, 3.63) is 60.3 Å². The van der Waals surface area contributed by atoms with Crippen molar-refractivity contribution in [1.29, 1.82) is 0 Å². The van der Waals surface area contributed by atoms with Gasteiger partial charge >= 0.3 is 0 Å². The highest BCUT2D eigenvalue weighted by atomic mass is 19.1.